The SMILES string of the molecule is c1cc2c3c(cnc2[nH]1)N(C1CCCC1)CCO3. The normalized spacial score (nSPS) is 20.1. The quantitative estimate of drug-likeness (QED) is 0.837. The molecule has 0 radical (unpaired) electrons. The highest BCUT2D eigenvalue weighted by molar-refractivity contribution is 5.89. The predicted octanol–water partition coefficient (Wildman–Crippen LogP) is 2.70. The molecule has 0 aromatic carbocycles. The van der Waals surface area contributed by atoms with Crippen molar-refractivity contribution in [1.29, 1.82) is 0 Å². The molecule has 0 spiro atoms. The van der Waals surface area contributed by atoms with Crippen molar-refractivity contribution in [2.75, 3.05) is 18.1 Å². The van der Waals surface area contributed by atoms with Gasteiger partial charge in [-0.1, -0.05) is 12.8 Å². The monoisotopic (exact) mass is 243 g/mol. The molecular weight excluding hydrogens is 226 g/mol. The van der Waals surface area contributed by atoms with Crippen LogP contribution in [0.2, 0.25) is 0 Å². The Kier molecular flexibility index (Phi) is 2.22. The summed E-state index contributed by atoms with van der Waals surface area (Å²) >= 11 is 0. The number of aromatic nitrogens is 2. The van der Waals surface area contributed by atoms with E-state index in [1.54, 1.807) is 0 Å². The van der Waals surface area contributed by atoms with Gasteiger partial charge >= 0.3 is 0 Å². The van der Waals surface area contributed by atoms with Crippen LogP contribution in [0.25, 0.3) is 11.0 Å². The number of fused-ring (bicyclic) bond motifs is 3. The van der Waals surface area contributed by atoms with Crippen molar-refractivity contribution >= 4 is 16.7 Å². The first-order valence-electron chi connectivity index (χ1n) is 6.79. The molecule has 4 nitrogen and oxygen atoms in total. The number of hydrogen-bond donors (Lipinski definition) is 1. The van der Waals surface area contributed by atoms with E-state index in [2.05, 4.69) is 20.9 Å². The smallest absolute Gasteiger partial charge is 0.155 e. The lowest BCUT2D eigenvalue weighted by Gasteiger charge is -2.35. The summed E-state index contributed by atoms with van der Waals surface area (Å²) in [6, 6.07) is 2.74. The first kappa shape index (κ1) is 10.2. The molecule has 18 heavy (non-hydrogen) atoms. The van der Waals surface area contributed by atoms with E-state index >= 15 is 0 Å². The number of nitrogens with one attached hydrogen (secondary N) is 1. The maximum atomic E-state index is 5.88. The minimum absolute atomic E-state index is 0.686. The second kappa shape index (κ2) is 3.90. The summed E-state index contributed by atoms with van der Waals surface area (Å²) in [5.74, 6) is 1.01. The lowest BCUT2D eigenvalue weighted by molar-refractivity contribution is 0.303. The van der Waals surface area contributed by atoms with Gasteiger partial charge in [0.2, 0.25) is 0 Å². The number of ether oxygens (including phenoxy) is 1. The molecule has 0 bridgehead atoms. The lowest BCUT2D eigenvalue weighted by Crippen LogP contribution is -2.39. The Morgan fingerprint density at radius 2 is 2.22 bits per heavy atom. The number of anilines is 1. The zero-order valence-electron chi connectivity index (χ0n) is 10.4. The van der Waals surface area contributed by atoms with E-state index in [0.717, 1.165) is 29.9 Å². The molecule has 2 aliphatic rings. The van der Waals surface area contributed by atoms with Gasteiger partial charge < -0.3 is 14.6 Å². The summed E-state index contributed by atoms with van der Waals surface area (Å²) in [5.41, 5.74) is 2.10. The zero-order valence-corrected chi connectivity index (χ0v) is 10.4. The van der Waals surface area contributed by atoms with Gasteiger partial charge in [-0.25, -0.2) is 4.98 Å². The van der Waals surface area contributed by atoms with E-state index in [4.69, 9.17) is 4.74 Å². The van der Waals surface area contributed by atoms with Crippen LogP contribution in [0.1, 0.15) is 25.7 Å². The van der Waals surface area contributed by atoms with Gasteiger partial charge in [-0.3, -0.25) is 0 Å². The second-order valence-corrected chi connectivity index (χ2v) is 5.19. The average Bonchev–Trinajstić information content (AvgIpc) is 3.09. The van der Waals surface area contributed by atoms with Crippen LogP contribution in [0.15, 0.2) is 18.5 Å². The van der Waals surface area contributed by atoms with E-state index in [-0.39, 0.29) is 0 Å². The first-order valence-corrected chi connectivity index (χ1v) is 6.79. The Hall–Kier alpha value is -1.71. The summed E-state index contributed by atoms with van der Waals surface area (Å²) < 4.78 is 5.88. The van der Waals surface area contributed by atoms with Crippen LogP contribution in [0.4, 0.5) is 5.69 Å². The Labute approximate surface area is 106 Å². The lowest BCUT2D eigenvalue weighted by atomic mass is 10.1. The molecule has 4 rings (SSSR count). The van der Waals surface area contributed by atoms with E-state index in [9.17, 15) is 0 Å². The molecule has 0 unspecified atom stereocenters. The molecule has 0 atom stereocenters. The van der Waals surface area contributed by atoms with Crippen LogP contribution in [0.3, 0.4) is 0 Å². The van der Waals surface area contributed by atoms with Crippen molar-refractivity contribution in [2.24, 2.45) is 0 Å². The second-order valence-electron chi connectivity index (χ2n) is 5.19. The molecular formula is C14H17N3O. The van der Waals surface area contributed by atoms with Crippen molar-refractivity contribution < 1.29 is 4.74 Å². The predicted molar refractivity (Wildman–Crippen MR) is 71.2 cm³/mol. The fraction of sp³-hybridized carbons (Fsp3) is 0.500. The van der Waals surface area contributed by atoms with Gasteiger partial charge in [0, 0.05) is 12.2 Å². The third kappa shape index (κ3) is 1.41. The molecule has 0 amide bonds. The van der Waals surface area contributed by atoms with Crippen LogP contribution >= 0.6 is 0 Å². The third-order valence-corrected chi connectivity index (χ3v) is 4.17. The highest BCUT2D eigenvalue weighted by Gasteiger charge is 2.29. The molecule has 1 N–H and O–H groups in total. The van der Waals surface area contributed by atoms with Crippen molar-refractivity contribution in [1.82, 2.24) is 9.97 Å². The highest BCUT2D eigenvalue weighted by Crippen LogP contribution is 2.40. The fourth-order valence-corrected chi connectivity index (χ4v) is 3.29. The van der Waals surface area contributed by atoms with Crippen LogP contribution in [0.5, 0.6) is 5.75 Å². The number of pyridine rings is 1. The fourth-order valence-electron chi connectivity index (χ4n) is 3.29. The molecule has 1 aliphatic carbocycles. The van der Waals surface area contributed by atoms with Crippen molar-refractivity contribution in [2.45, 2.75) is 31.7 Å². The van der Waals surface area contributed by atoms with Gasteiger partial charge in [-0.15, -0.1) is 0 Å². The summed E-state index contributed by atoms with van der Waals surface area (Å²) in [4.78, 5) is 10.1. The van der Waals surface area contributed by atoms with Gasteiger partial charge in [0.05, 0.1) is 23.8 Å². The number of rotatable bonds is 1. The molecule has 3 heterocycles. The molecule has 1 aliphatic heterocycles. The average molecular weight is 243 g/mol. The summed E-state index contributed by atoms with van der Waals surface area (Å²) in [6.45, 7) is 1.78. The molecule has 4 heteroatoms. The minimum Gasteiger partial charge on any atom is -0.489 e. The van der Waals surface area contributed by atoms with Gasteiger partial charge in [-0.2, -0.15) is 0 Å². The number of H-pyrrole nitrogens is 1. The van der Waals surface area contributed by atoms with Crippen LogP contribution in [-0.2, 0) is 0 Å². The minimum atomic E-state index is 0.686. The van der Waals surface area contributed by atoms with Crippen molar-refractivity contribution in [3.8, 4) is 5.75 Å². The Morgan fingerprint density at radius 3 is 3.11 bits per heavy atom. The number of hydrogen-bond acceptors (Lipinski definition) is 3. The summed E-state index contributed by atoms with van der Waals surface area (Å²) in [6.07, 6.45) is 9.23. The highest BCUT2D eigenvalue weighted by atomic mass is 16.5. The topological polar surface area (TPSA) is 41.2 Å². The summed E-state index contributed by atoms with van der Waals surface area (Å²) in [5, 5.41) is 1.11. The largest absolute Gasteiger partial charge is 0.489 e. The van der Waals surface area contributed by atoms with Gasteiger partial charge in [0.25, 0.3) is 0 Å². The molecule has 0 saturated heterocycles. The van der Waals surface area contributed by atoms with E-state index in [0.29, 0.717) is 6.04 Å². The maximum Gasteiger partial charge on any atom is 0.155 e. The number of aromatic amines is 1. The Balaban J connectivity index is 1.82. The van der Waals surface area contributed by atoms with E-state index in [1.807, 2.05) is 12.4 Å². The standard InChI is InChI=1S/C14H17N3O/c1-2-4-10(3-1)17-7-8-18-13-11-5-6-15-14(11)16-9-12(13)17/h5-6,9-10H,1-4,7-8H2,(H,15,16). The summed E-state index contributed by atoms with van der Waals surface area (Å²) in [7, 11) is 0. The van der Waals surface area contributed by atoms with E-state index < -0.39 is 0 Å². The Morgan fingerprint density at radius 1 is 1.33 bits per heavy atom. The van der Waals surface area contributed by atoms with Gasteiger partial charge in [0.15, 0.2) is 5.75 Å². The number of nitrogens with zero attached hydrogens (tertiary/aromatic N) is 2. The van der Waals surface area contributed by atoms with E-state index in [1.165, 1.54) is 31.4 Å². The molecule has 1 fully saturated rings. The van der Waals surface area contributed by atoms with Crippen LogP contribution in [0, 0.1) is 0 Å². The maximum absolute atomic E-state index is 5.88. The molecule has 2 aromatic heterocycles. The van der Waals surface area contributed by atoms with Gasteiger partial charge in [-0.05, 0) is 18.9 Å². The van der Waals surface area contributed by atoms with Crippen LogP contribution in [-0.4, -0.2) is 29.2 Å². The molecule has 94 valence electrons. The third-order valence-electron chi connectivity index (χ3n) is 4.17. The van der Waals surface area contributed by atoms with Crippen LogP contribution < -0.4 is 9.64 Å². The molecule has 2 aromatic rings. The Bertz CT molecular complexity index is 571. The first-order chi connectivity index (χ1) is 8.93. The van der Waals surface area contributed by atoms with Crippen molar-refractivity contribution in [3.05, 3.63) is 18.5 Å². The zero-order chi connectivity index (χ0) is 11.9. The van der Waals surface area contributed by atoms with Gasteiger partial charge in [0.1, 0.15) is 12.3 Å². The van der Waals surface area contributed by atoms with Crippen molar-refractivity contribution in [3.63, 3.8) is 0 Å². The molecule has 1 saturated carbocycles.